The van der Waals surface area contributed by atoms with Crippen LogP contribution in [0.3, 0.4) is 0 Å². The van der Waals surface area contributed by atoms with Crippen LogP contribution < -0.4 is 11.1 Å². The van der Waals surface area contributed by atoms with Crippen LogP contribution in [0.15, 0.2) is 12.3 Å². The number of fused-ring (bicyclic) bond motifs is 1. The van der Waals surface area contributed by atoms with Crippen LogP contribution in [0.4, 0.5) is 10.5 Å². The van der Waals surface area contributed by atoms with Gasteiger partial charge in [0.15, 0.2) is 0 Å². The predicted molar refractivity (Wildman–Crippen MR) is 74.1 cm³/mol. The van der Waals surface area contributed by atoms with Gasteiger partial charge in [-0.1, -0.05) is 0 Å². The fourth-order valence-electron chi connectivity index (χ4n) is 2.83. The molecule has 1 aromatic rings. The maximum absolute atomic E-state index is 12.1. The first-order valence-corrected chi connectivity index (χ1v) is 7.01. The number of carbonyl (C=O) groups is 1. The van der Waals surface area contributed by atoms with Crippen molar-refractivity contribution in [2.75, 3.05) is 18.4 Å². The first-order chi connectivity index (χ1) is 9.22. The summed E-state index contributed by atoms with van der Waals surface area (Å²) in [6.45, 7) is 1.38. The fraction of sp³-hybridized carbons (Fsp3) is 0.571. The Balaban J connectivity index is 1.68. The van der Waals surface area contributed by atoms with Crippen molar-refractivity contribution in [3.63, 3.8) is 0 Å². The molecule has 1 aromatic heterocycles. The van der Waals surface area contributed by atoms with Crippen molar-refractivity contribution in [3.8, 4) is 0 Å². The van der Waals surface area contributed by atoms with E-state index in [0.29, 0.717) is 6.54 Å². The molecule has 1 aliphatic heterocycles. The van der Waals surface area contributed by atoms with E-state index in [1.165, 1.54) is 24.1 Å². The minimum atomic E-state index is -0.0643. The second-order valence-corrected chi connectivity index (χ2v) is 5.46. The smallest absolute Gasteiger partial charge is 0.321 e. The van der Waals surface area contributed by atoms with Crippen molar-refractivity contribution in [3.05, 3.63) is 23.5 Å². The third-order valence-electron chi connectivity index (χ3n) is 3.93. The molecule has 2 heterocycles. The Morgan fingerprint density at radius 3 is 3.05 bits per heavy atom. The molecule has 1 unspecified atom stereocenters. The molecule has 3 N–H and O–H groups in total. The first kappa shape index (κ1) is 12.4. The van der Waals surface area contributed by atoms with Crippen LogP contribution in [-0.2, 0) is 12.8 Å². The van der Waals surface area contributed by atoms with E-state index in [2.05, 4.69) is 16.4 Å². The highest BCUT2D eigenvalue weighted by molar-refractivity contribution is 5.89. The van der Waals surface area contributed by atoms with E-state index >= 15 is 0 Å². The summed E-state index contributed by atoms with van der Waals surface area (Å²) in [5.74, 6) is 0. The molecule has 1 aliphatic carbocycles. The van der Waals surface area contributed by atoms with E-state index in [-0.39, 0.29) is 12.1 Å². The molecule has 3 rings (SSSR count). The van der Waals surface area contributed by atoms with Gasteiger partial charge in [-0.15, -0.1) is 0 Å². The fourth-order valence-corrected chi connectivity index (χ4v) is 2.83. The van der Waals surface area contributed by atoms with Crippen molar-refractivity contribution in [2.45, 2.75) is 38.1 Å². The lowest BCUT2D eigenvalue weighted by Crippen LogP contribution is -2.35. The van der Waals surface area contributed by atoms with Crippen molar-refractivity contribution < 1.29 is 4.79 Å². The van der Waals surface area contributed by atoms with Gasteiger partial charge in [-0.05, 0) is 43.7 Å². The lowest BCUT2D eigenvalue weighted by molar-refractivity contribution is 0.222. The van der Waals surface area contributed by atoms with Crippen molar-refractivity contribution >= 4 is 11.7 Å². The largest absolute Gasteiger partial charge is 0.326 e. The number of amides is 2. The zero-order chi connectivity index (χ0) is 13.2. The Bertz CT molecular complexity index is 488. The summed E-state index contributed by atoms with van der Waals surface area (Å²) in [6.07, 6.45) is 7.21. The molecular weight excluding hydrogens is 240 g/mol. The molecule has 0 bridgehead atoms. The number of aryl methyl sites for hydroxylation is 2. The monoisotopic (exact) mass is 260 g/mol. The topological polar surface area (TPSA) is 71.2 Å². The number of hydrogen-bond acceptors (Lipinski definition) is 3. The number of rotatable bonds is 1. The van der Waals surface area contributed by atoms with Gasteiger partial charge in [0.25, 0.3) is 0 Å². The minimum Gasteiger partial charge on any atom is -0.326 e. The van der Waals surface area contributed by atoms with Gasteiger partial charge in [0.2, 0.25) is 0 Å². The molecule has 1 fully saturated rings. The number of nitrogens with zero attached hydrogens (tertiary/aromatic N) is 2. The average molecular weight is 260 g/mol. The highest BCUT2D eigenvalue weighted by Crippen LogP contribution is 2.22. The van der Waals surface area contributed by atoms with Gasteiger partial charge in [-0.2, -0.15) is 0 Å². The molecule has 1 saturated heterocycles. The van der Waals surface area contributed by atoms with E-state index in [1.54, 1.807) is 11.1 Å². The average Bonchev–Trinajstić information content (AvgIpc) is 2.85. The van der Waals surface area contributed by atoms with Crippen LogP contribution in [0.5, 0.6) is 0 Å². The third kappa shape index (κ3) is 2.71. The number of likely N-dealkylation sites (tertiary alicyclic amines) is 1. The standard InChI is InChI=1S/C14H20N4O/c15-11-5-6-18(9-11)14(19)17-12-7-10-3-1-2-4-13(10)16-8-12/h7-8,11H,1-6,9,15H2,(H,17,19). The molecule has 5 nitrogen and oxygen atoms in total. The van der Waals surface area contributed by atoms with Gasteiger partial charge < -0.3 is 16.0 Å². The summed E-state index contributed by atoms with van der Waals surface area (Å²) < 4.78 is 0. The zero-order valence-corrected chi connectivity index (χ0v) is 11.1. The Morgan fingerprint density at radius 1 is 1.42 bits per heavy atom. The Labute approximate surface area is 113 Å². The number of nitrogens with one attached hydrogen (secondary N) is 1. The summed E-state index contributed by atoms with van der Waals surface area (Å²) in [7, 11) is 0. The number of anilines is 1. The summed E-state index contributed by atoms with van der Waals surface area (Å²) in [5.41, 5.74) is 9.08. The van der Waals surface area contributed by atoms with E-state index < -0.39 is 0 Å². The lowest BCUT2D eigenvalue weighted by atomic mass is 9.96. The molecule has 0 spiro atoms. The van der Waals surface area contributed by atoms with E-state index in [4.69, 9.17) is 5.73 Å². The maximum atomic E-state index is 12.1. The number of nitrogens with two attached hydrogens (primary N) is 1. The Hall–Kier alpha value is -1.62. The summed E-state index contributed by atoms with van der Waals surface area (Å²) in [5, 5.41) is 2.92. The van der Waals surface area contributed by atoms with Crippen LogP contribution in [0.1, 0.15) is 30.5 Å². The van der Waals surface area contributed by atoms with Crippen LogP contribution in [0.25, 0.3) is 0 Å². The van der Waals surface area contributed by atoms with E-state index in [9.17, 15) is 4.79 Å². The second-order valence-electron chi connectivity index (χ2n) is 5.46. The Morgan fingerprint density at radius 2 is 2.26 bits per heavy atom. The minimum absolute atomic E-state index is 0.0643. The van der Waals surface area contributed by atoms with Crippen LogP contribution >= 0.6 is 0 Å². The molecule has 19 heavy (non-hydrogen) atoms. The van der Waals surface area contributed by atoms with Crippen molar-refractivity contribution in [1.29, 1.82) is 0 Å². The predicted octanol–water partition coefficient (Wildman–Crippen LogP) is 1.53. The second kappa shape index (κ2) is 5.17. The molecule has 0 saturated carbocycles. The number of pyridine rings is 1. The van der Waals surface area contributed by atoms with Gasteiger partial charge in [0, 0.05) is 24.8 Å². The SMILES string of the molecule is NC1CCN(C(=O)Nc2cnc3c(c2)CCCC3)C1. The number of hydrogen-bond donors (Lipinski definition) is 2. The van der Waals surface area contributed by atoms with Crippen LogP contribution in [-0.4, -0.2) is 35.0 Å². The normalized spacial score (nSPS) is 22.2. The quantitative estimate of drug-likeness (QED) is 0.804. The summed E-state index contributed by atoms with van der Waals surface area (Å²) in [4.78, 5) is 18.3. The molecule has 2 amide bonds. The first-order valence-electron chi connectivity index (χ1n) is 7.01. The molecular formula is C14H20N4O. The summed E-state index contributed by atoms with van der Waals surface area (Å²) in [6, 6.07) is 2.12. The van der Waals surface area contributed by atoms with Crippen molar-refractivity contribution in [1.82, 2.24) is 9.88 Å². The zero-order valence-electron chi connectivity index (χ0n) is 11.1. The lowest BCUT2D eigenvalue weighted by Gasteiger charge is -2.19. The molecule has 102 valence electrons. The highest BCUT2D eigenvalue weighted by Gasteiger charge is 2.23. The molecule has 5 heteroatoms. The third-order valence-corrected chi connectivity index (χ3v) is 3.93. The van der Waals surface area contributed by atoms with Crippen molar-refractivity contribution in [2.24, 2.45) is 5.73 Å². The number of urea groups is 1. The van der Waals surface area contributed by atoms with Crippen LogP contribution in [0.2, 0.25) is 0 Å². The van der Waals surface area contributed by atoms with Gasteiger partial charge >= 0.3 is 6.03 Å². The highest BCUT2D eigenvalue weighted by atomic mass is 16.2. The number of aromatic nitrogens is 1. The van der Waals surface area contributed by atoms with E-state index in [1.807, 2.05) is 0 Å². The number of carbonyl (C=O) groups excluding carboxylic acids is 1. The molecule has 1 atom stereocenters. The maximum Gasteiger partial charge on any atom is 0.321 e. The summed E-state index contributed by atoms with van der Waals surface area (Å²) >= 11 is 0. The van der Waals surface area contributed by atoms with Gasteiger partial charge in [0.1, 0.15) is 0 Å². The van der Waals surface area contributed by atoms with Gasteiger partial charge in [-0.25, -0.2) is 4.79 Å². The van der Waals surface area contributed by atoms with Gasteiger partial charge in [0.05, 0.1) is 11.9 Å². The van der Waals surface area contributed by atoms with Gasteiger partial charge in [-0.3, -0.25) is 4.98 Å². The molecule has 0 radical (unpaired) electrons. The Kier molecular flexibility index (Phi) is 3.38. The van der Waals surface area contributed by atoms with E-state index in [0.717, 1.165) is 31.5 Å². The molecule has 0 aromatic carbocycles. The van der Waals surface area contributed by atoms with Crippen LogP contribution in [0, 0.1) is 0 Å². The molecule has 2 aliphatic rings.